The Balaban J connectivity index is 1.85. The first-order valence-corrected chi connectivity index (χ1v) is 9.75. The zero-order valence-electron chi connectivity index (χ0n) is 12.5. The molecular formula is C14H19Cl2N3O3S. The lowest BCUT2D eigenvalue weighted by molar-refractivity contribution is -0.118. The summed E-state index contributed by atoms with van der Waals surface area (Å²) in [4.78, 5) is 13.2. The number of rotatable bonds is 6. The number of alkyl halides is 1. The first-order chi connectivity index (χ1) is 10.9. The van der Waals surface area contributed by atoms with Crippen LogP contribution in [-0.2, 0) is 14.8 Å². The van der Waals surface area contributed by atoms with Crippen LogP contribution in [0, 0.1) is 0 Å². The zero-order chi connectivity index (χ0) is 16.9. The van der Waals surface area contributed by atoms with Gasteiger partial charge in [-0.1, -0.05) is 11.6 Å². The Morgan fingerprint density at radius 3 is 2.30 bits per heavy atom. The van der Waals surface area contributed by atoms with Crippen LogP contribution in [0.1, 0.15) is 0 Å². The van der Waals surface area contributed by atoms with Gasteiger partial charge in [0.05, 0.1) is 5.75 Å². The minimum atomic E-state index is -3.37. The molecule has 1 fully saturated rings. The molecule has 1 aromatic rings. The molecule has 6 nitrogen and oxygen atoms in total. The monoisotopic (exact) mass is 379 g/mol. The average molecular weight is 380 g/mol. The molecule has 1 aliphatic heterocycles. The molecule has 1 N–H and O–H groups in total. The van der Waals surface area contributed by atoms with Gasteiger partial charge in [0.1, 0.15) is 5.88 Å². The number of nitrogens with one attached hydrogen (secondary N) is 1. The zero-order valence-corrected chi connectivity index (χ0v) is 14.9. The second-order valence-corrected chi connectivity index (χ2v) is 7.95. The van der Waals surface area contributed by atoms with Crippen molar-refractivity contribution in [3.8, 4) is 0 Å². The van der Waals surface area contributed by atoms with Crippen LogP contribution in [0.2, 0.25) is 5.02 Å². The van der Waals surface area contributed by atoms with E-state index in [4.69, 9.17) is 23.2 Å². The third-order valence-electron chi connectivity index (χ3n) is 3.63. The predicted octanol–water partition coefficient (Wildman–Crippen LogP) is 1.15. The van der Waals surface area contributed by atoms with Crippen molar-refractivity contribution in [3.63, 3.8) is 0 Å². The second-order valence-electron chi connectivity index (χ2n) is 5.16. The predicted molar refractivity (Wildman–Crippen MR) is 92.8 cm³/mol. The van der Waals surface area contributed by atoms with Gasteiger partial charge in [0.25, 0.3) is 0 Å². The van der Waals surface area contributed by atoms with Crippen molar-refractivity contribution in [2.24, 2.45) is 0 Å². The number of sulfonamides is 1. The Morgan fingerprint density at radius 1 is 1.13 bits per heavy atom. The normalized spacial score (nSPS) is 16.3. The molecule has 1 amide bonds. The highest BCUT2D eigenvalue weighted by Gasteiger charge is 2.26. The largest absolute Gasteiger partial charge is 0.369 e. The van der Waals surface area contributed by atoms with Crippen molar-refractivity contribution >= 4 is 44.8 Å². The molecule has 0 radical (unpaired) electrons. The minimum absolute atomic E-state index is 0.0747. The quantitative estimate of drug-likeness (QED) is 0.752. The Labute approximate surface area is 146 Å². The summed E-state index contributed by atoms with van der Waals surface area (Å²) in [5.41, 5.74) is 1.03. The molecule has 23 heavy (non-hydrogen) atoms. The van der Waals surface area contributed by atoms with Gasteiger partial charge in [-0.25, -0.2) is 8.42 Å². The van der Waals surface area contributed by atoms with Crippen molar-refractivity contribution in [2.45, 2.75) is 0 Å². The molecule has 9 heteroatoms. The lowest BCUT2D eigenvalue weighted by atomic mass is 10.2. The van der Waals surface area contributed by atoms with Gasteiger partial charge in [-0.15, -0.1) is 11.6 Å². The third kappa shape index (κ3) is 5.24. The first-order valence-electron chi connectivity index (χ1n) is 7.23. The Kier molecular flexibility index (Phi) is 6.52. The Hall–Kier alpha value is -1.02. The maximum absolute atomic E-state index is 12.2. The summed E-state index contributed by atoms with van der Waals surface area (Å²) in [5.74, 6) is -0.648. The van der Waals surface area contributed by atoms with Gasteiger partial charge in [0.2, 0.25) is 15.9 Å². The van der Waals surface area contributed by atoms with Crippen LogP contribution < -0.4 is 10.2 Å². The number of anilines is 1. The van der Waals surface area contributed by atoms with E-state index in [1.54, 1.807) is 0 Å². The molecule has 1 saturated heterocycles. The highest BCUT2D eigenvalue weighted by molar-refractivity contribution is 7.89. The Bertz CT molecular complexity index is 629. The summed E-state index contributed by atoms with van der Waals surface area (Å²) >= 11 is 11.2. The fourth-order valence-corrected chi connectivity index (χ4v) is 3.93. The molecule has 128 valence electrons. The molecule has 0 saturated carbocycles. The van der Waals surface area contributed by atoms with E-state index >= 15 is 0 Å². The SMILES string of the molecule is O=C(CCl)NCCS(=O)(=O)N1CCN(c2ccc(Cl)cc2)CC1. The standard InChI is InChI=1S/C14H19Cl2N3O3S/c15-11-14(20)17-5-10-23(21,22)19-8-6-18(7-9-19)13-3-1-12(16)2-4-13/h1-4H,5-11H2,(H,17,20). The molecule has 1 aliphatic rings. The molecule has 2 rings (SSSR count). The fourth-order valence-electron chi connectivity index (χ4n) is 2.37. The van der Waals surface area contributed by atoms with Crippen LogP contribution in [-0.4, -0.2) is 63.0 Å². The van der Waals surface area contributed by atoms with E-state index in [0.717, 1.165) is 5.69 Å². The Morgan fingerprint density at radius 2 is 1.74 bits per heavy atom. The van der Waals surface area contributed by atoms with E-state index in [-0.39, 0.29) is 24.1 Å². The van der Waals surface area contributed by atoms with E-state index in [1.807, 2.05) is 24.3 Å². The first kappa shape index (κ1) is 18.3. The fraction of sp³-hybridized carbons (Fsp3) is 0.500. The lowest BCUT2D eigenvalue weighted by Crippen LogP contribution is -2.50. The average Bonchev–Trinajstić information content (AvgIpc) is 2.55. The molecular weight excluding hydrogens is 361 g/mol. The summed E-state index contributed by atoms with van der Waals surface area (Å²) in [6.07, 6.45) is 0. The highest BCUT2D eigenvalue weighted by Crippen LogP contribution is 2.20. The molecule has 0 atom stereocenters. The van der Waals surface area contributed by atoms with Gasteiger partial charge in [-0.05, 0) is 24.3 Å². The maximum Gasteiger partial charge on any atom is 0.234 e. The van der Waals surface area contributed by atoms with Crippen molar-refractivity contribution in [1.82, 2.24) is 9.62 Å². The summed E-state index contributed by atoms with van der Waals surface area (Å²) in [5, 5.41) is 3.14. The number of carbonyl (C=O) groups is 1. The number of benzene rings is 1. The molecule has 0 bridgehead atoms. The number of hydrogen-bond donors (Lipinski definition) is 1. The number of amides is 1. The van der Waals surface area contributed by atoms with E-state index in [2.05, 4.69) is 10.2 Å². The molecule has 0 aromatic heterocycles. The summed E-state index contributed by atoms with van der Waals surface area (Å²) in [6.45, 7) is 2.16. The van der Waals surface area contributed by atoms with Gasteiger partial charge in [-0.3, -0.25) is 4.79 Å². The molecule has 0 aliphatic carbocycles. The van der Waals surface area contributed by atoms with E-state index in [1.165, 1.54) is 4.31 Å². The van der Waals surface area contributed by atoms with Crippen LogP contribution in [0.5, 0.6) is 0 Å². The number of hydrogen-bond acceptors (Lipinski definition) is 4. The topological polar surface area (TPSA) is 69.7 Å². The molecule has 0 spiro atoms. The number of nitrogens with zero attached hydrogens (tertiary/aromatic N) is 2. The van der Waals surface area contributed by atoms with Crippen molar-refractivity contribution < 1.29 is 13.2 Å². The third-order valence-corrected chi connectivity index (χ3v) is 5.99. The van der Waals surface area contributed by atoms with Crippen molar-refractivity contribution in [3.05, 3.63) is 29.3 Å². The van der Waals surface area contributed by atoms with Gasteiger partial charge < -0.3 is 10.2 Å². The molecule has 1 aromatic carbocycles. The smallest absolute Gasteiger partial charge is 0.234 e. The summed E-state index contributed by atoms with van der Waals surface area (Å²) in [6, 6.07) is 7.49. The van der Waals surface area contributed by atoms with E-state index in [9.17, 15) is 13.2 Å². The minimum Gasteiger partial charge on any atom is -0.369 e. The van der Waals surface area contributed by atoms with Crippen LogP contribution in [0.3, 0.4) is 0 Å². The highest BCUT2D eigenvalue weighted by atomic mass is 35.5. The van der Waals surface area contributed by atoms with E-state index in [0.29, 0.717) is 31.2 Å². The van der Waals surface area contributed by atoms with Gasteiger partial charge in [0.15, 0.2) is 0 Å². The summed E-state index contributed by atoms with van der Waals surface area (Å²) in [7, 11) is -3.37. The van der Waals surface area contributed by atoms with Crippen LogP contribution >= 0.6 is 23.2 Å². The number of halogens is 2. The number of piperazine rings is 1. The maximum atomic E-state index is 12.2. The van der Waals surface area contributed by atoms with Gasteiger partial charge in [0, 0.05) is 43.4 Å². The molecule has 0 unspecified atom stereocenters. The van der Waals surface area contributed by atoms with Gasteiger partial charge in [-0.2, -0.15) is 4.31 Å². The van der Waals surface area contributed by atoms with Crippen LogP contribution in [0.4, 0.5) is 5.69 Å². The summed E-state index contributed by atoms with van der Waals surface area (Å²) < 4.78 is 26.0. The van der Waals surface area contributed by atoms with Crippen molar-refractivity contribution in [1.29, 1.82) is 0 Å². The number of carbonyl (C=O) groups excluding carboxylic acids is 1. The van der Waals surface area contributed by atoms with Crippen molar-refractivity contribution in [2.75, 3.05) is 49.3 Å². The lowest BCUT2D eigenvalue weighted by Gasteiger charge is -2.35. The van der Waals surface area contributed by atoms with E-state index < -0.39 is 10.0 Å². The van der Waals surface area contributed by atoms with Crippen LogP contribution in [0.25, 0.3) is 0 Å². The van der Waals surface area contributed by atoms with Crippen LogP contribution in [0.15, 0.2) is 24.3 Å². The van der Waals surface area contributed by atoms with Gasteiger partial charge >= 0.3 is 0 Å². The molecule has 1 heterocycles. The second kappa shape index (κ2) is 8.19.